The monoisotopic (exact) mass is 305 g/mol. The second-order valence-electron chi connectivity index (χ2n) is 3.22. The number of aliphatic hydroxyl groups is 1. The van der Waals surface area contributed by atoms with Crippen molar-refractivity contribution in [3.05, 3.63) is 34.1 Å². The predicted molar refractivity (Wildman–Crippen MR) is 64.3 cm³/mol. The van der Waals surface area contributed by atoms with Gasteiger partial charge in [0.1, 0.15) is 5.82 Å². The van der Waals surface area contributed by atoms with E-state index in [-0.39, 0.29) is 31.9 Å². The smallest absolute Gasteiger partial charge is 0.254 e. The van der Waals surface area contributed by atoms with E-state index in [2.05, 4.69) is 21.2 Å². The third kappa shape index (κ3) is 4.80. The molecule has 6 heteroatoms. The Kier molecular flexibility index (Phi) is 6.10. The molecule has 0 saturated heterocycles. The first-order chi connectivity index (χ1) is 8.15. The van der Waals surface area contributed by atoms with Crippen molar-refractivity contribution in [3.8, 4) is 0 Å². The molecule has 4 nitrogen and oxygen atoms in total. The number of carbonyl (C=O) groups excluding carboxylic acids is 1. The Morgan fingerprint density at radius 3 is 2.88 bits per heavy atom. The zero-order chi connectivity index (χ0) is 12.7. The third-order valence-corrected chi connectivity index (χ3v) is 2.44. The molecule has 0 saturated carbocycles. The first kappa shape index (κ1) is 14.1. The van der Waals surface area contributed by atoms with Crippen molar-refractivity contribution in [3.63, 3.8) is 0 Å². The van der Waals surface area contributed by atoms with Gasteiger partial charge in [0.2, 0.25) is 0 Å². The number of hydrogen-bond donors (Lipinski definition) is 2. The number of amides is 1. The average Bonchev–Trinajstić information content (AvgIpc) is 2.28. The van der Waals surface area contributed by atoms with E-state index in [1.165, 1.54) is 12.1 Å². The fourth-order valence-corrected chi connectivity index (χ4v) is 1.51. The van der Waals surface area contributed by atoms with Gasteiger partial charge in [-0.05, 0) is 18.2 Å². The van der Waals surface area contributed by atoms with Crippen molar-refractivity contribution in [1.82, 2.24) is 5.32 Å². The van der Waals surface area contributed by atoms with Crippen LogP contribution in [0.2, 0.25) is 0 Å². The van der Waals surface area contributed by atoms with Gasteiger partial charge in [-0.1, -0.05) is 15.9 Å². The minimum absolute atomic E-state index is 0.00430. The Hall–Kier alpha value is -0.980. The number of aliphatic hydroxyl groups excluding tert-OH is 1. The molecule has 1 aromatic carbocycles. The highest BCUT2D eigenvalue weighted by Crippen LogP contribution is 2.14. The quantitative estimate of drug-likeness (QED) is 0.780. The Morgan fingerprint density at radius 2 is 2.24 bits per heavy atom. The van der Waals surface area contributed by atoms with Crippen LogP contribution in [0.3, 0.4) is 0 Å². The van der Waals surface area contributed by atoms with Gasteiger partial charge in [-0.15, -0.1) is 0 Å². The van der Waals surface area contributed by atoms with Gasteiger partial charge >= 0.3 is 0 Å². The van der Waals surface area contributed by atoms with E-state index in [1.807, 2.05) is 0 Å². The first-order valence-corrected chi connectivity index (χ1v) is 5.86. The average molecular weight is 306 g/mol. The molecule has 0 aromatic heterocycles. The van der Waals surface area contributed by atoms with Gasteiger partial charge in [0.25, 0.3) is 5.91 Å². The van der Waals surface area contributed by atoms with E-state index < -0.39 is 11.7 Å². The summed E-state index contributed by atoms with van der Waals surface area (Å²) in [5.74, 6) is -1.06. The van der Waals surface area contributed by atoms with Crippen molar-refractivity contribution in [1.29, 1.82) is 0 Å². The molecule has 0 aliphatic carbocycles. The lowest BCUT2D eigenvalue weighted by atomic mass is 10.2. The maximum Gasteiger partial charge on any atom is 0.254 e. The molecule has 1 rings (SSSR count). The number of hydrogen-bond acceptors (Lipinski definition) is 3. The van der Waals surface area contributed by atoms with Crippen LogP contribution in [-0.4, -0.2) is 37.4 Å². The molecule has 0 aliphatic rings. The van der Waals surface area contributed by atoms with Gasteiger partial charge in [0.05, 0.1) is 25.4 Å². The maximum absolute atomic E-state index is 13.4. The number of halogens is 2. The molecule has 0 radical (unpaired) electrons. The van der Waals surface area contributed by atoms with Crippen molar-refractivity contribution in [2.45, 2.75) is 0 Å². The zero-order valence-corrected chi connectivity index (χ0v) is 10.7. The Morgan fingerprint density at radius 1 is 1.47 bits per heavy atom. The van der Waals surface area contributed by atoms with E-state index in [0.29, 0.717) is 4.47 Å². The number of nitrogens with one attached hydrogen (secondary N) is 1. The zero-order valence-electron chi connectivity index (χ0n) is 9.08. The number of carbonyl (C=O) groups is 1. The van der Waals surface area contributed by atoms with E-state index in [4.69, 9.17) is 9.84 Å². The number of benzene rings is 1. The summed E-state index contributed by atoms with van der Waals surface area (Å²) in [5, 5.41) is 11.0. The SMILES string of the molecule is O=C(NCCOCCO)c1ccc(Br)cc1F. The van der Waals surface area contributed by atoms with E-state index >= 15 is 0 Å². The minimum atomic E-state index is -0.576. The molecule has 0 atom stereocenters. The second-order valence-corrected chi connectivity index (χ2v) is 4.13. The Bertz CT molecular complexity index is 387. The first-order valence-electron chi connectivity index (χ1n) is 5.07. The fraction of sp³-hybridized carbons (Fsp3) is 0.364. The molecule has 0 spiro atoms. The predicted octanol–water partition coefficient (Wildman–Crippen LogP) is 1.33. The maximum atomic E-state index is 13.4. The van der Waals surface area contributed by atoms with Crippen LogP contribution in [0.5, 0.6) is 0 Å². The van der Waals surface area contributed by atoms with E-state index in [1.54, 1.807) is 6.07 Å². The highest BCUT2D eigenvalue weighted by atomic mass is 79.9. The van der Waals surface area contributed by atoms with Crippen LogP contribution in [0.25, 0.3) is 0 Å². The van der Waals surface area contributed by atoms with Crippen LogP contribution in [0.15, 0.2) is 22.7 Å². The summed E-state index contributed by atoms with van der Waals surface area (Å²) in [6.45, 7) is 0.719. The molecular formula is C11H13BrFNO3. The van der Waals surface area contributed by atoms with Crippen LogP contribution < -0.4 is 5.32 Å². The van der Waals surface area contributed by atoms with Gasteiger partial charge in [-0.3, -0.25) is 4.79 Å². The lowest BCUT2D eigenvalue weighted by molar-refractivity contribution is 0.0835. The standard InChI is InChI=1S/C11H13BrFNO3/c12-8-1-2-9(10(13)7-8)11(16)14-3-5-17-6-4-15/h1-2,7,15H,3-6H2,(H,14,16). The highest BCUT2D eigenvalue weighted by molar-refractivity contribution is 9.10. The summed E-state index contributed by atoms with van der Waals surface area (Å²) in [6.07, 6.45) is 0. The van der Waals surface area contributed by atoms with Gasteiger partial charge in [-0.2, -0.15) is 0 Å². The summed E-state index contributed by atoms with van der Waals surface area (Å²) in [5.41, 5.74) is -0.00430. The van der Waals surface area contributed by atoms with Crippen LogP contribution in [0, 0.1) is 5.82 Å². The summed E-state index contributed by atoms with van der Waals surface area (Å²) in [6, 6.07) is 4.24. The molecule has 1 aromatic rings. The summed E-state index contributed by atoms with van der Waals surface area (Å²) in [7, 11) is 0. The topological polar surface area (TPSA) is 58.6 Å². The Balaban J connectivity index is 2.42. The summed E-state index contributed by atoms with van der Waals surface area (Å²) < 4.78 is 18.9. The van der Waals surface area contributed by atoms with Crippen molar-refractivity contribution < 1.29 is 19.0 Å². The summed E-state index contributed by atoms with van der Waals surface area (Å²) in [4.78, 5) is 11.5. The molecule has 2 N–H and O–H groups in total. The molecule has 0 fully saturated rings. The lowest BCUT2D eigenvalue weighted by Crippen LogP contribution is -2.28. The molecule has 0 aliphatic heterocycles. The van der Waals surface area contributed by atoms with Gasteiger partial charge in [-0.25, -0.2) is 4.39 Å². The van der Waals surface area contributed by atoms with Crippen LogP contribution in [-0.2, 0) is 4.74 Å². The molecule has 0 bridgehead atoms. The molecular weight excluding hydrogens is 293 g/mol. The van der Waals surface area contributed by atoms with Gasteiger partial charge in [0, 0.05) is 11.0 Å². The fourth-order valence-electron chi connectivity index (χ4n) is 1.17. The minimum Gasteiger partial charge on any atom is -0.394 e. The molecule has 1 amide bonds. The molecule has 17 heavy (non-hydrogen) atoms. The number of ether oxygens (including phenoxy) is 1. The van der Waals surface area contributed by atoms with E-state index in [0.717, 1.165) is 0 Å². The van der Waals surface area contributed by atoms with Crippen molar-refractivity contribution >= 4 is 21.8 Å². The third-order valence-electron chi connectivity index (χ3n) is 1.94. The molecule has 94 valence electrons. The van der Waals surface area contributed by atoms with Crippen LogP contribution in [0.4, 0.5) is 4.39 Å². The Labute approximate surface area is 107 Å². The van der Waals surface area contributed by atoms with Gasteiger partial charge < -0.3 is 15.2 Å². The number of rotatable bonds is 6. The molecule has 0 unspecified atom stereocenters. The highest BCUT2D eigenvalue weighted by Gasteiger charge is 2.10. The van der Waals surface area contributed by atoms with Crippen molar-refractivity contribution in [2.24, 2.45) is 0 Å². The largest absolute Gasteiger partial charge is 0.394 e. The molecule has 0 heterocycles. The normalized spacial score (nSPS) is 10.3. The summed E-state index contributed by atoms with van der Waals surface area (Å²) >= 11 is 3.11. The van der Waals surface area contributed by atoms with Crippen LogP contribution >= 0.6 is 15.9 Å². The van der Waals surface area contributed by atoms with E-state index in [9.17, 15) is 9.18 Å². The van der Waals surface area contributed by atoms with Crippen LogP contribution in [0.1, 0.15) is 10.4 Å². The van der Waals surface area contributed by atoms with Crippen molar-refractivity contribution in [2.75, 3.05) is 26.4 Å². The lowest BCUT2D eigenvalue weighted by Gasteiger charge is -2.06. The van der Waals surface area contributed by atoms with Gasteiger partial charge in [0.15, 0.2) is 0 Å². The second kappa shape index (κ2) is 7.37.